The van der Waals surface area contributed by atoms with Gasteiger partial charge in [0, 0.05) is 84.2 Å². The molecule has 13 nitrogen and oxygen atoms in total. The van der Waals surface area contributed by atoms with E-state index >= 15 is 0 Å². The molecule has 6 aliphatic rings. The minimum Gasteiger partial charge on any atom is -0.392 e. The highest BCUT2D eigenvalue weighted by atomic mass is 32.2. The summed E-state index contributed by atoms with van der Waals surface area (Å²) in [6.07, 6.45) is 0. The zero-order chi connectivity index (χ0) is 67.3. The molecule has 0 aromatic heterocycles. The lowest BCUT2D eigenvalue weighted by Crippen LogP contribution is -2.15. The zero-order valence-electron chi connectivity index (χ0n) is 52.5. The molecule has 0 aliphatic carbocycles. The Kier molecular flexibility index (Phi) is 16.3. The zero-order valence-corrected chi connectivity index (χ0v) is 57.4. The topological polar surface area (TPSA) is 179 Å². The Balaban J connectivity index is 0.000000145. The van der Waals surface area contributed by atoms with E-state index in [-0.39, 0.29) is 51.8 Å². The number of anilines is 12. The summed E-state index contributed by atoms with van der Waals surface area (Å²) in [6.45, 7) is 2.75. The highest BCUT2D eigenvalue weighted by Crippen LogP contribution is 2.59. The first-order chi connectivity index (χ1) is 47.6. The Labute approximate surface area is 584 Å². The molecule has 484 valence electrons. The highest BCUT2D eigenvalue weighted by Gasteiger charge is 2.39. The third kappa shape index (κ3) is 10.8. The van der Waals surface area contributed by atoms with Gasteiger partial charge in [0.05, 0.1) is 91.5 Å². The summed E-state index contributed by atoms with van der Waals surface area (Å²) in [4.78, 5) is 27.8. The molecule has 0 amide bonds. The number of fused-ring (bicyclic) bond motifs is 14. The van der Waals surface area contributed by atoms with Crippen molar-refractivity contribution in [1.82, 2.24) is 0 Å². The standard InChI is InChI=1S/2C38H26N2O4S3.C3H6O/c2*41-21-23-9-13-35-31(17-23)39(29-5-1-3-7-33(29)45-35)25-11-15-37-27(19-25)28-20-26(12-16-38(28)47(37,43)44)40-30-6-2-4-8-34(30)46-36-14-10-24(22-42)18-32(36)40;1-3(2)4/h2*1-20,41-42H,21-22H2;1-2H3. The fraction of sp³-hybridized carbons (Fsp3) is 0.0759. The van der Waals surface area contributed by atoms with Crippen LogP contribution in [0.4, 0.5) is 68.2 Å². The molecule has 19 heteroatoms. The minimum atomic E-state index is -3.73. The average Bonchev–Trinajstić information content (AvgIpc) is 1.54. The second kappa shape index (κ2) is 25.2. The van der Waals surface area contributed by atoms with Crippen LogP contribution in [0.5, 0.6) is 0 Å². The molecule has 0 fully saturated rings. The maximum atomic E-state index is 13.9. The van der Waals surface area contributed by atoms with E-state index in [0.29, 0.717) is 22.3 Å². The minimum absolute atomic E-state index is 0.0763. The van der Waals surface area contributed by atoms with Gasteiger partial charge in [-0.2, -0.15) is 0 Å². The van der Waals surface area contributed by atoms with Crippen LogP contribution >= 0.6 is 47.0 Å². The third-order valence-electron chi connectivity index (χ3n) is 17.7. The number of aliphatic hydroxyl groups excluding tert-OH is 4. The SMILES string of the molecule is CC(C)=O.O=S1(=O)c2ccc(N3c4ccccc4Sc4ccc(CO)cc43)cc2-c2cc(N3c4ccccc4Sc4ccc(CO)cc43)ccc21.O=S1(=O)c2ccc(N3c4ccccc4Sc4ccc(CO)cc43)cc2-c2cc(N3c4ccccc4Sc4ccc(CO)cc43)ccc21. The molecule has 0 unspecified atom stereocenters. The van der Waals surface area contributed by atoms with Crippen LogP contribution in [0.25, 0.3) is 22.3 Å². The van der Waals surface area contributed by atoms with Crippen molar-refractivity contribution in [2.45, 2.75) is 99.0 Å². The molecule has 12 aromatic rings. The molecule has 98 heavy (non-hydrogen) atoms. The first-order valence-electron chi connectivity index (χ1n) is 31.4. The van der Waals surface area contributed by atoms with E-state index in [1.165, 1.54) is 13.8 Å². The summed E-state index contributed by atoms with van der Waals surface area (Å²) in [5.74, 6) is 0.167. The summed E-state index contributed by atoms with van der Waals surface area (Å²) in [7, 11) is -7.47. The summed E-state index contributed by atoms with van der Waals surface area (Å²) >= 11 is 6.72. The highest BCUT2D eigenvalue weighted by molar-refractivity contribution is 8.00. The number of carbonyl (C=O) groups excluding carboxylic acids is 1. The van der Waals surface area contributed by atoms with E-state index in [9.17, 15) is 42.1 Å². The smallest absolute Gasteiger partial charge is 0.207 e. The normalized spacial score (nSPS) is 14.5. The molecular weight excluding hydrogens is 1340 g/mol. The van der Waals surface area contributed by atoms with Gasteiger partial charge >= 0.3 is 0 Å². The van der Waals surface area contributed by atoms with Gasteiger partial charge in [-0.05, 0) is 206 Å². The van der Waals surface area contributed by atoms with Crippen LogP contribution in [0.3, 0.4) is 0 Å². The summed E-state index contributed by atoms with van der Waals surface area (Å²) < 4.78 is 55.7. The lowest BCUT2D eigenvalue weighted by Gasteiger charge is -2.34. The van der Waals surface area contributed by atoms with Crippen molar-refractivity contribution in [3.05, 3.63) is 265 Å². The van der Waals surface area contributed by atoms with Crippen LogP contribution in [0.1, 0.15) is 36.1 Å². The van der Waals surface area contributed by atoms with Crippen molar-refractivity contribution in [2.24, 2.45) is 0 Å². The van der Waals surface area contributed by atoms with Crippen LogP contribution < -0.4 is 19.6 Å². The Morgan fingerprint density at radius 3 is 0.704 bits per heavy atom. The average molecular weight is 1400 g/mol. The van der Waals surface area contributed by atoms with Crippen LogP contribution in [0.2, 0.25) is 0 Å². The molecule has 18 rings (SSSR count). The molecule has 6 aliphatic heterocycles. The maximum Gasteiger partial charge on any atom is 0.207 e. The van der Waals surface area contributed by atoms with Gasteiger partial charge in [0.2, 0.25) is 19.7 Å². The largest absolute Gasteiger partial charge is 0.392 e. The monoisotopic (exact) mass is 1400 g/mol. The predicted octanol–water partition coefficient (Wildman–Crippen LogP) is 19.3. The Bertz CT molecular complexity index is 4910. The van der Waals surface area contributed by atoms with E-state index in [1.54, 1.807) is 71.3 Å². The third-order valence-corrected chi connectivity index (χ3v) is 26.0. The van der Waals surface area contributed by atoms with E-state index in [1.807, 2.05) is 170 Å². The summed E-state index contributed by atoms with van der Waals surface area (Å²) in [6, 6.07) is 78.8. The number of hydrogen-bond donors (Lipinski definition) is 4. The quantitative estimate of drug-likeness (QED) is 0.113. The van der Waals surface area contributed by atoms with Crippen molar-refractivity contribution in [3.8, 4) is 22.3 Å². The second-order valence-electron chi connectivity index (χ2n) is 24.1. The van der Waals surface area contributed by atoms with Crippen LogP contribution in [-0.2, 0) is 50.9 Å². The Hall–Kier alpha value is -9.35. The molecule has 0 radical (unpaired) electrons. The number of para-hydroxylation sites is 4. The van der Waals surface area contributed by atoms with Crippen LogP contribution in [0.15, 0.2) is 301 Å². The van der Waals surface area contributed by atoms with Crippen molar-refractivity contribution in [3.63, 3.8) is 0 Å². The number of aliphatic hydroxyl groups is 4. The molecule has 0 saturated heterocycles. The van der Waals surface area contributed by atoms with Crippen LogP contribution in [-0.4, -0.2) is 43.0 Å². The van der Waals surface area contributed by atoms with E-state index in [0.717, 1.165) is 130 Å². The second-order valence-corrected chi connectivity index (χ2v) is 32.2. The maximum absolute atomic E-state index is 13.9. The first kappa shape index (κ1) is 63.4. The van der Waals surface area contributed by atoms with Crippen LogP contribution in [0, 0.1) is 0 Å². The van der Waals surface area contributed by atoms with Gasteiger partial charge in [-0.25, -0.2) is 16.8 Å². The van der Waals surface area contributed by atoms with Gasteiger partial charge in [-0.1, -0.05) is 120 Å². The van der Waals surface area contributed by atoms with Gasteiger partial charge in [-0.15, -0.1) is 0 Å². The number of benzene rings is 12. The number of nitrogens with zero attached hydrogens (tertiary/aromatic N) is 4. The molecule has 12 aromatic carbocycles. The number of hydrogen-bond acceptors (Lipinski definition) is 17. The first-order valence-corrected chi connectivity index (χ1v) is 37.6. The van der Waals surface area contributed by atoms with Gasteiger partial charge in [-0.3, -0.25) is 0 Å². The molecule has 4 N–H and O–H groups in total. The van der Waals surface area contributed by atoms with Crippen molar-refractivity contribution < 1.29 is 42.1 Å². The fourth-order valence-corrected chi connectivity index (χ4v) is 20.8. The predicted molar refractivity (Wildman–Crippen MR) is 390 cm³/mol. The summed E-state index contributed by atoms with van der Waals surface area (Å²) in [5.41, 5.74) is 16.9. The lowest BCUT2D eigenvalue weighted by molar-refractivity contribution is -0.115. The molecule has 0 bridgehead atoms. The molecular formula is C79H58N4O9S6. The number of Topliss-reactive ketones (excluding diaryl/α,β-unsaturated/α-hetero) is 1. The summed E-state index contributed by atoms with van der Waals surface area (Å²) in [5, 5.41) is 39.8. The van der Waals surface area contributed by atoms with Gasteiger partial charge in [0.15, 0.2) is 0 Å². The van der Waals surface area contributed by atoms with Crippen molar-refractivity contribution in [1.29, 1.82) is 0 Å². The molecule has 6 heterocycles. The molecule has 0 saturated carbocycles. The van der Waals surface area contributed by atoms with Gasteiger partial charge in [0.25, 0.3) is 0 Å². The van der Waals surface area contributed by atoms with E-state index in [4.69, 9.17) is 0 Å². The lowest BCUT2D eigenvalue weighted by atomic mass is 10.0. The van der Waals surface area contributed by atoms with Gasteiger partial charge < -0.3 is 44.8 Å². The Morgan fingerprint density at radius 2 is 0.490 bits per heavy atom. The number of ketones is 1. The van der Waals surface area contributed by atoms with E-state index < -0.39 is 19.7 Å². The fourth-order valence-electron chi connectivity index (χ4n) is 13.4. The Morgan fingerprint density at radius 1 is 0.286 bits per heavy atom. The van der Waals surface area contributed by atoms with Crippen molar-refractivity contribution >= 4 is 141 Å². The van der Waals surface area contributed by atoms with Crippen molar-refractivity contribution in [2.75, 3.05) is 19.6 Å². The van der Waals surface area contributed by atoms with Gasteiger partial charge in [0.1, 0.15) is 5.78 Å². The number of sulfone groups is 2. The van der Waals surface area contributed by atoms with E-state index in [2.05, 4.69) is 68.1 Å². The number of rotatable bonds is 8. The molecule has 0 atom stereocenters. The number of carbonyl (C=O) groups is 1. The molecule has 0 spiro atoms.